The second kappa shape index (κ2) is 10.5. The Balaban J connectivity index is 1.45. The van der Waals surface area contributed by atoms with Crippen molar-refractivity contribution in [3.8, 4) is 17.3 Å². The van der Waals surface area contributed by atoms with E-state index in [-0.39, 0.29) is 23.8 Å². The summed E-state index contributed by atoms with van der Waals surface area (Å²) in [5.74, 6) is 0.783. The van der Waals surface area contributed by atoms with Crippen molar-refractivity contribution in [2.24, 2.45) is 5.10 Å². The van der Waals surface area contributed by atoms with E-state index in [9.17, 15) is 9.18 Å². The number of hydrogen-bond donors (Lipinski definition) is 0. The van der Waals surface area contributed by atoms with E-state index in [1.165, 1.54) is 23.0 Å². The number of rotatable bonds is 6. The molecule has 6 rings (SSSR count). The van der Waals surface area contributed by atoms with Crippen LogP contribution in [0.1, 0.15) is 11.1 Å². The van der Waals surface area contributed by atoms with Gasteiger partial charge >= 0.3 is 0 Å². The predicted molar refractivity (Wildman–Crippen MR) is 154 cm³/mol. The lowest BCUT2D eigenvalue weighted by molar-refractivity contribution is 0.303. The fourth-order valence-corrected chi connectivity index (χ4v) is 5.12. The fourth-order valence-electron chi connectivity index (χ4n) is 4.17. The van der Waals surface area contributed by atoms with E-state index in [0.717, 1.165) is 10.9 Å². The van der Waals surface area contributed by atoms with E-state index in [1.807, 2.05) is 36.4 Å². The number of nitrogens with zero attached hydrogens (tertiary/aromatic N) is 3. The highest BCUT2D eigenvalue weighted by Gasteiger charge is 2.17. The molecule has 0 saturated carbocycles. The smallest absolute Gasteiger partial charge is 0.282 e. The van der Waals surface area contributed by atoms with Gasteiger partial charge in [-0.1, -0.05) is 54.1 Å². The molecule has 192 valence electrons. The first-order valence-corrected chi connectivity index (χ1v) is 13.0. The first-order valence-electron chi connectivity index (χ1n) is 11.9. The van der Waals surface area contributed by atoms with Crippen LogP contribution in [0.25, 0.3) is 33.5 Å². The monoisotopic (exact) mass is 601 g/mol. The average Bonchev–Trinajstić information content (AvgIpc) is 3.37. The molecular formula is C30H18BrClFN3O3. The molecule has 0 aliphatic carbocycles. The summed E-state index contributed by atoms with van der Waals surface area (Å²) in [5, 5.41) is 6.26. The lowest BCUT2D eigenvalue weighted by Gasteiger charge is -2.12. The molecule has 6 aromatic rings. The van der Waals surface area contributed by atoms with Crippen molar-refractivity contribution in [3.05, 3.63) is 128 Å². The van der Waals surface area contributed by atoms with Gasteiger partial charge in [0, 0.05) is 16.0 Å². The molecule has 4 aromatic carbocycles. The summed E-state index contributed by atoms with van der Waals surface area (Å²) in [6, 6.07) is 25.8. The van der Waals surface area contributed by atoms with Gasteiger partial charge in [-0.15, -0.1) is 0 Å². The standard InChI is InChI=1S/C30H18BrClFN3O3/c31-24-15-21(32)13-20(28(24)38-17-18-9-11-22(33)12-10-18)16-34-36-29(27-14-19-5-1-4-8-26(19)39-27)35-25-7-3-2-6-23(25)30(36)37/h1-16H,17H2. The van der Waals surface area contributed by atoms with Crippen molar-refractivity contribution in [2.45, 2.75) is 6.61 Å². The summed E-state index contributed by atoms with van der Waals surface area (Å²) in [4.78, 5) is 18.3. The Kier molecular flexibility index (Phi) is 6.72. The molecule has 6 nitrogen and oxygen atoms in total. The minimum Gasteiger partial charge on any atom is -0.487 e. The minimum atomic E-state index is -0.359. The number of ether oxygens (including phenoxy) is 1. The van der Waals surface area contributed by atoms with Crippen LogP contribution in [0.4, 0.5) is 4.39 Å². The lowest BCUT2D eigenvalue weighted by Crippen LogP contribution is -2.20. The third-order valence-corrected chi connectivity index (χ3v) is 6.85. The van der Waals surface area contributed by atoms with E-state index in [1.54, 1.807) is 42.5 Å². The van der Waals surface area contributed by atoms with Gasteiger partial charge in [-0.25, -0.2) is 9.37 Å². The molecule has 0 fully saturated rings. The third kappa shape index (κ3) is 5.08. The average molecular weight is 603 g/mol. The number of aromatic nitrogens is 2. The van der Waals surface area contributed by atoms with Gasteiger partial charge in [-0.2, -0.15) is 9.78 Å². The number of para-hydroxylation sites is 2. The van der Waals surface area contributed by atoms with Crippen molar-refractivity contribution in [1.29, 1.82) is 0 Å². The van der Waals surface area contributed by atoms with Gasteiger partial charge in [0.2, 0.25) is 5.82 Å². The number of furan rings is 1. The van der Waals surface area contributed by atoms with Gasteiger partial charge in [0.05, 0.1) is 21.6 Å². The van der Waals surface area contributed by atoms with Gasteiger partial charge in [0.15, 0.2) is 5.76 Å². The molecule has 0 unspecified atom stereocenters. The topological polar surface area (TPSA) is 69.6 Å². The molecular weight excluding hydrogens is 585 g/mol. The Morgan fingerprint density at radius 2 is 1.79 bits per heavy atom. The molecule has 2 heterocycles. The normalized spacial score (nSPS) is 11.6. The molecule has 9 heteroatoms. The van der Waals surface area contributed by atoms with Crippen LogP contribution in [0.2, 0.25) is 5.02 Å². The highest BCUT2D eigenvalue weighted by atomic mass is 79.9. The molecule has 0 saturated heterocycles. The van der Waals surface area contributed by atoms with Crippen LogP contribution in [0.5, 0.6) is 5.75 Å². The van der Waals surface area contributed by atoms with E-state index in [4.69, 9.17) is 25.7 Å². The summed E-state index contributed by atoms with van der Waals surface area (Å²) in [7, 11) is 0. The van der Waals surface area contributed by atoms with Crippen molar-refractivity contribution < 1.29 is 13.5 Å². The molecule has 39 heavy (non-hydrogen) atoms. The minimum absolute atomic E-state index is 0.184. The maximum absolute atomic E-state index is 13.6. The molecule has 0 bridgehead atoms. The van der Waals surface area contributed by atoms with Gasteiger partial charge in [0.1, 0.15) is 23.8 Å². The Labute approximate surface area is 235 Å². The van der Waals surface area contributed by atoms with E-state index < -0.39 is 0 Å². The van der Waals surface area contributed by atoms with Crippen LogP contribution in [-0.4, -0.2) is 15.9 Å². The number of fused-ring (bicyclic) bond motifs is 2. The predicted octanol–water partition coefficient (Wildman–Crippen LogP) is 7.83. The van der Waals surface area contributed by atoms with Crippen LogP contribution >= 0.6 is 27.5 Å². The highest BCUT2D eigenvalue weighted by molar-refractivity contribution is 9.10. The summed E-state index contributed by atoms with van der Waals surface area (Å²) in [6.07, 6.45) is 1.49. The molecule has 2 aromatic heterocycles. The Morgan fingerprint density at radius 1 is 1.03 bits per heavy atom. The summed E-state index contributed by atoms with van der Waals surface area (Å²) in [6.45, 7) is 0.184. The van der Waals surface area contributed by atoms with E-state index in [2.05, 4.69) is 21.0 Å². The molecule has 0 spiro atoms. The van der Waals surface area contributed by atoms with Crippen molar-refractivity contribution >= 4 is 55.6 Å². The Morgan fingerprint density at radius 3 is 2.62 bits per heavy atom. The van der Waals surface area contributed by atoms with E-state index in [0.29, 0.717) is 43.1 Å². The highest BCUT2D eigenvalue weighted by Crippen LogP contribution is 2.33. The number of benzene rings is 4. The summed E-state index contributed by atoms with van der Waals surface area (Å²) in [5.41, 5.74) is 2.14. The number of hydrogen-bond acceptors (Lipinski definition) is 5. The van der Waals surface area contributed by atoms with Gasteiger partial charge in [0.25, 0.3) is 5.56 Å². The Hall–Kier alpha value is -4.27. The maximum atomic E-state index is 13.6. The zero-order chi connectivity index (χ0) is 26.9. The van der Waals surface area contributed by atoms with Crippen LogP contribution in [0.3, 0.4) is 0 Å². The van der Waals surface area contributed by atoms with Crippen LogP contribution in [0.15, 0.2) is 110 Å². The quantitative estimate of drug-likeness (QED) is 0.182. The SMILES string of the molecule is O=c1c2ccccc2nc(-c2cc3ccccc3o2)n1N=Cc1cc(Cl)cc(Br)c1OCc1ccc(F)cc1. The molecule has 0 radical (unpaired) electrons. The summed E-state index contributed by atoms with van der Waals surface area (Å²) >= 11 is 9.84. The van der Waals surface area contributed by atoms with Gasteiger partial charge < -0.3 is 9.15 Å². The maximum Gasteiger partial charge on any atom is 0.282 e. The largest absolute Gasteiger partial charge is 0.487 e. The van der Waals surface area contributed by atoms with Gasteiger partial charge in [-0.3, -0.25) is 4.79 Å². The van der Waals surface area contributed by atoms with E-state index >= 15 is 0 Å². The van der Waals surface area contributed by atoms with Crippen molar-refractivity contribution in [2.75, 3.05) is 0 Å². The third-order valence-electron chi connectivity index (χ3n) is 6.05. The first kappa shape index (κ1) is 25.0. The van der Waals surface area contributed by atoms with Crippen molar-refractivity contribution in [1.82, 2.24) is 9.66 Å². The molecule has 0 amide bonds. The zero-order valence-corrected chi connectivity index (χ0v) is 22.5. The zero-order valence-electron chi connectivity index (χ0n) is 20.1. The molecule has 0 aliphatic heterocycles. The lowest BCUT2D eigenvalue weighted by atomic mass is 10.2. The van der Waals surface area contributed by atoms with Crippen LogP contribution in [-0.2, 0) is 6.61 Å². The fraction of sp³-hybridized carbons (Fsp3) is 0.0333. The van der Waals surface area contributed by atoms with Crippen molar-refractivity contribution in [3.63, 3.8) is 0 Å². The second-order valence-corrected chi connectivity index (χ2v) is 9.97. The first-order chi connectivity index (χ1) is 19.0. The van der Waals surface area contributed by atoms with Crippen LogP contribution < -0.4 is 10.3 Å². The second-order valence-electron chi connectivity index (χ2n) is 8.68. The van der Waals surface area contributed by atoms with Crippen LogP contribution in [0, 0.1) is 5.82 Å². The molecule has 0 aliphatic rings. The number of halogens is 3. The summed E-state index contributed by atoms with van der Waals surface area (Å²) < 4.78 is 27.2. The molecule has 0 N–H and O–H groups in total. The Bertz CT molecular complexity index is 1900. The van der Waals surface area contributed by atoms with Gasteiger partial charge in [-0.05, 0) is 70.0 Å². The molecule has 0 atom stereocenters.